The van der Waals surface area contributed by atoms with Gasteiger partial charge in [0.05, 0.1) is 16.6 Å². The SMILES string of the molecule is Cc1cccc(CS(=O)c2cc(C)cc(C)c2)c1. The Morgan fingerprint density at radius 3 is 2.17 bits per heavy atom. The molecule has 2 rings (SSSR count). The summed E-state index contributed by atoms with van der Waals surface area (Å²) in [5.41, 5.74) is 4.68. The van der Waals surface area contributed by atoms with Crippen molar-refractivity contribution in [2.45, 2.75) is 31.4 Å². The van der Waals surface area contributed by atoms with E-state index in [-0.39, 0.29) is 0 Å². The van der Waals surface area contributed by atoms with Crippen LogP contribution in [0.3, 0.4) is 0 Å². The highest BCUT2D eigenvalue weighted by molar-refractivity contribution is 7.84. The van der Waals surface area contributed by atoms with E-state index in [1.54, 1.807) is 0 Å². The van der Waals surface area contributed by atoms with E-state index in [2.05, 4.69) is 25.1 Å². The highest BCUT2D eigenvalue weighted by Crippen LogP contribution is 2.16. The zero-order valence-electron chi connectivity index (χ0n) is 11.1. The van der Waals surface area contributed by atoms with E-state index in [4.69, 9.17) is 0 Å². The first-order valence-electron chi connectivity index (χ1n) is 6.07. The first-order valence-corrected chi connectivity index (χ1v) is 7.39. The zero-order chi connectivity index (χ0) is 13.1. The van der Waals surface area contributed by atoms with Gasteiger partial charge in [-0.05, 0) is 49.6 Å². The van der Waals surface area contributed by atoms with Crippen molar-refractivity contribution in [3.63, 3.8) is 0 Å². The highest BCUT2D eigenvalue weighted by Gasteiger charge is 2.06. The summed E-state index contributed by atoms with van der Waals surface area (Å²) in [6.45, 7) is 6.14. The Kier molecular flexibility index (Phi) is 3.97. The Balaban J connectivity index is 2.22. The Labute approximate surface area is 111 Å². The molecule has 18 heavy (non-hydrogen) atoms. The second kappa shape index (κ2) is 5.49. The molecule has 0 saturated heterocycles. The fourth-order valence-electron chi connectivity index (χ4n) is 2.10. The Bertz CT molecular complexity index is 567. The average Bonchev–Trinajstić information content (AvgIpc) is 2.27. The Hall–Kier alpha value is -1.41. The van der Waals surface area contributed by atoms with Crippen LogP contribution in [-0.2, 0) is 16.6 Å². The molecule has 0 aliphatic carbocycles. The second-order valence-corrected chi connectivity index (χ2v) is 6.25. The molecular formula is C16H18OS. The van der Waals surface area contributed by atoms with E-state index in [0.717, 1.165) is 10.5 Å². The number of hydrogen-bond donors (Lipinski definition) is 0. The van der Waals surface area contributed by atoms with Gasteiger partial charge < -0.3 is 0 Å². The molecule has 0 spiro atoms. The van der Waals surface area contributed by atoms with Crippen LogP contribution >= 0.6 is 0 Å². The molecule has 0 bridgehead atoms. The van der Waals surface area contributed by atoms with E-state index < -0.39 is 10.8 Å². The molecule has 0 radical (unpaired) electrons. The lowest BCUT2D eigenvalue weighted by molar-refractivity contribution is 0.682. The summed E-state index contributed by atoms with van der Waals surface area (Å²) in [6, 6.07) is 14.3. The molecule has 1 nitrogen and oxygen atoms in total. The molecule has 2 heteroatoms. The topological polar surface area (TPSA) is 17.1 Å². The molecule has 2 aromatic carbocycles. The summed E-state index contributed by atoms with van der Waals surface area (Å²) >= 11 is 0. The molecule has 94 valence electrons. The van der Waals surface area contributed by atoms with Crippen LogP contribution in [0.1, 0.15) is 22.3 Å². The fraction of sp³-hybridized carbons (Fsp3) is 0.250. The molecule has 0 saturated carbocycles. The third kappa shape index (κ3) is 3.30. The monoisotopic (exact) mass is 258 g/mol. The lowest BCUT2D eigenvalue weighted by Crippen LogP contribution is -1.98. The molecule has 1 unspecified atom stereocenters. The maximum absolute atomic E-state index is 12.3. The molecule has 1 atom stereocenters. The summed E-state index contributed by atoms with van der Waals surface area (Å²) in [7, 11) is -0.963. The average molecular weight is 258 g/mol. The second-order valence-electron chi connectivity index (χ2n) is 4.80. The number of aryl methyl sites for hydroxylation is 3. The van der Waals surface area contributed by atoms with Crippen molar-refractivity contribution >= 4 is 10.8 Å². The van der Waals surface area contributed by atoms with Crippen molar-refractivity contribution in [2.24, 2.45) is 0 Å². The van der Waals surface area contributed by atoms with Gasteiger partial charge in [0.25, 0.3) is 0 Å². The normalized spacial score (nSPS) is 12.4. The first-order chi connectivity index (χ1) is 8.54. The highest BCUT2D eigenvalue weighted by atomic mass is 32.2. The van der Waals surface area contributed by atoms with E-state index in [1.165, 1.54) is 16.7 Å². The number of rotatable bonds is 3. The van der Waals surface area contributed by atoms with Crippen molar-refractivity contribution in [2.75, 3.05) is 0 Å². The van der Waals surface area contributed by atoms with Crippen molar-refractivity contribution in [1.29, 1.82) is 0 Å². The maximum Gasteiger partial charge on any atom is 0.0574 e. The smallest absolute Gasteiger partial charge is 0.0574 e. The van der Waals surface area contributed by atoms with Crippen molar-refractivity contribution < 1.29 is 4.21 Å². The third-order valence-corrected chi connectivity index (χ3v) is 4.20. The molecule has 0 N–H and O–H groups in total. The predicted octanol–water partition coefficient (Wildman–Crippen LogP) is 3.92. The van der Waals surface area contributed by atoms with Gasteiger partial charge in [-0.1, -0.05) is 35.9 Å². The van der Waals surface area contributed by atoms with Crippen molar-refractivity contribution in [3.05, 3.63) is 64.7 Å². The van der Waals surface area contributed by atoms with Gasteiger partial charge in [0.1, 0.15) is 0 Å². The summed E-state index contributed by atoms with van der Waals surface area (Å²) in [5.74, 6) is 0.588. The molecule has 0 aliphatic rings. The minimum atomic E-state index is -0.963. The Morgan fingerprint density at radius 1 is 0.889 bits per heavy atom. The third-order valence-electron chi connectivity index (χ3n) is 2.84. The molecule has 0 aromatic heterocycles. The van der Waals surface area contributed by atoms with Gasteiger partial charge in [-0.2, -0.15) is 0 Å². The quantitative estimate of drug-likeness (QED) is 0.815. The van der Waals surface area contributed by atoms with Crippen molar-refractivity contribution in [1.82, 2.24) is 0 Å². The molecule has 0 amide bonds. The van der Waals surface area contributed by atoms with Crippen LogP contribution in [0.5, 0.6) is 0 Å². The van der Waals surface area contributed by atoms with Gasteiger partial charge in [0, 0.05) is 4.90 Å². The zero-order valence-corrected chi connectivity index (χ0v) is 11.9. The summed E-state index contributed by atoms with van der Waals surface area (Å²) in [6.07, 6.45) is 0. The van der Waals surface area contributed by atoms with Gasteiger partial charge in [0.2, 0.25) is 0 Å². The predicted molar refractivity (Wildman–Crippen MR) is 77.2 cm³/mol. The molecule has 0 fully saturated rings. The van der Waals surface area contributed by atoms with E-state index in [9.17, 15) is 4.21 Å². The van der Waals surface area contributed by atoms with Gasteiger partial charge in [-0.15, -0.1) is 0 Å². The van der Waals surface area contributed by atoms with Gasteiger partial charge in [-0.3, -0.25) is 4.21 Å². The summed E-state index contributed by atoms with van der Waals surface area (Å²) < 4.78 is 12.3. The van der Waals surface area contributed by atoms with Gasteiger partial charge in [-0.25, -0.2) is 0 Å². The van der Waals surface area contributed by atoms with E-state index in [0.29, 0.717) is 5.75 Å². The largest absolute Gasteiger partial charge is 0.254 e. The van der Waals surface area contributed by atoms with Crippen LogP contribution in [0.4, 0.5) is 0 Å². The lowest BCUT2D eigenvalue weighted by Gasteiger charge is -2.06. The van der Waals surface area contributed by atoms with E-state index >= 15 is 0 Å². The lowest BCUT2D eigenvalue weighted by atomic mass is 10.2. The van der Waals surface area contributed by atoms with Crippen LogP contribution in [0, 0.1) is 20.8 Å². The van der Waals surface area contributed by atoms with Gasteiger partial charge >= 0.3 is 0 Å². The summed E-state index contributed by atoms with van der Waals surface area (Å²) in [4.78, 5) is 0.925. The van der Waals surface area contributed by atoms with Crippen LogP contribution in [0.2, 0.25) is 0 Å². The molecule has 2 aromatic rings. The number of benzene rings is 2. The van der Waals surface area contributed by atoms with Crippen molar-refractivity contribution in [3.8, 4) is 0 Å². The van der Waals surface area contributed by atoms with E-state index in [1.807, 2.05) is 38.1 Å². The molecular weight excluding hydrogens is 240 g/mol. The first kappa shape index (κ1) is 13.0. The van der Waals surface area contributed by atoms with Gasteiger partial charge in [0.15, 0.2) is 0 Å². The van der Waals surface area contributed by atoms with Crippen LogP contribution in [0.15, 0.2) is 47.4 Å². The van der Waals surface area contributed by atoms with Crippen LogP contribution in [-0.4, -0.2) is 4.21 Å². The number of hydrogen-bond acceptors (Lipinski definition) is 1. The minimum absolute atomic E-state index is 0.588. The minimum Gasteiger partial charge on any atom is -0.254 e. The molecule has 0 heterocycles. The Morgan fingerprint density at radius 2 is 1.56 bits per heavy atom. The fourth-order valence-corrected chi connectivity index (χ4v) is 3.38. The maximum atomic E-state index is 12.3. The van der Waals surface area contributed by atoms with Crippen LogP contribution < -0.4 is 0 Å². The molecule has 0 aliphatic heterocycles. The summed E-state index contributed by atoms with van der Waals surface area (Å²) in [5, 5.41) is 0. The standard InChI is InChI=1S/C16H18OS/c1-12-5-4-6-15(8-12)11-18(17)16-9-13(2)7-14(3)10-16/h4-10H,11H2,1-3H3. The van der Waals surface area contributed by atoms with Crippen LogP contribution in [0.25, 0.3) is 0 Å².